The van der Waals surface area contributed by atoms with Gasteiger partial charge < -0.3 is 4.74 Å². The van der Waals surface area contributed by atoms with Gasteiger partial charge in [0.2, 0.25) is 0 Å². The Morgan fingerprint density at radius 3 is 2.06 bits per heavy atom. The van der Waals surface area contributed by atoms with Crippen molar-refractivity contribution < 1.29 is 17.9 Å². The molecule has 2 saturated carbocycles. The molecule has 1 unspecified atom stereocenters. The summed E-state index contributed by atoms with van der Waals surface area (Å²) >= 11 is 0. The maximum atomic E-state index is 12.3. The maximum absolute atomic E-state index is 12.3. The minimum atomic E-state index is -4.32. The highest BCUT2D eigenvalue weighted by molar-refractivity contribution is 5.64. The van der Waals surface area contributed by atoms with Gasteiger partial charge in [-0.05, 0) is 84.6 Å². The third-order valence-corrected chi connectivity index (χ3v) is 7.39. The van der Waals surface area contributed by atoms with Crippen LogP contribution in [0.25, 0.3) is 11.1 Å². The van der Waals surface area contributed by atoms with Crippen LogP contribution in [0.3, 0.4) is 0 Å². The van der Waals surface area contributed by atoms with Crippen molar-refractivity contribution >= 4 is 0 Å². The lowest BCUT2D eigenvalue weighted by atomic mass is 9.63. The number of halogens is 3. The minimum Gasteiger partial charge on any atom is -0.484 e. The number of alkyl halides is 3. The summed E-state index contributed by atoms with van der Waals surface area (Å²) in [7, 11) is 0. The Balaban J connectivity index is 1.34. The van der Waals surface area contributed by atoms with Gasteiger partial charge in [-0.1, -0.05) is 62.6 Å². The Morgan fingerprint density at radius 1 is 0.806 bits per heavy atom. The zero-order chi connectivity index (χ0) is 21.8. The quantitative estimate of drug-likeness (QED) is 0.447. The van der Waals surface area contributed by atoms with Gasteiger partial charge in [-0.3, -0.25) is 0 Å². The number of rotatable bonds is 6. The molecule has 2 aromatic rings. The lowest BCUT2D eigenvalue weighted by molar-refractivity contribution is -0.153. The molecule has 2 aromatic carbocycles. The SMILES string of the molecule is CCCC1CC[C@@H]2C[C@H](c3ccc(-c4ccc(OCC(F)(F)F)cc4)cc3)CC[C@@H]2C1. The van der Waals surface area contributed by atoms with Gasteiger partial charge >= 0.3 is 6.18 Å². The predicted molar refractivity (Wildman–Crippen MR) is 119 cm³/mol. The highest BCUT2D eigenvalue weighted by atomic mass is 19.4. The molecule has 4 rings (SSSR count). The second-order valence-electron chi connectivity index (χ2n) is 9.55. The van der Waals surface area contributed by atoms with Crippen LogP contribution in [0, 0.1) is 17.8 Å². The molecule has 2 aliphatic rings. The fourth-order valence-corrected chi connectivity index (χ4v) is 5.82. The van der Waals surface area contributed by atoms with E-state index in [0.29, 0.717) is 5.92 Å². The normalized spacial score (nSPS) is 26.3. The van der Waals surface area contributed by atoms with Crippen LogP contribution in [-0.4, -0.2) is 12.8 Å². The van der Waals surface area contributed by atoms with Crippen molar-refractivity contribution in [2.24, 2.45) is 17.8 Å². The molecule has 31 heavy (non-hydrogen) atoms. The molecule has 168 valence electrons. The Hall–Kier alpha value is -1.97. The van der Waals surface area contributed by atoms with Crippen LogP contribution in [0.2, 0.25) is 0 Å². The molecular formula is C27H33F3O. The molecule has 0 saturated heterocycles. The molecule has 0 heterocycles. The van der Waals surface area contributed by atoms with Gasteiger partial charge in [0.25, 0.3) is 0 Å². The van der Waals surface area contributed by atoms with E-state index in [0.717, 1.165) is 28.9 Å². The number of hydrogen-bond acceptors (Lipinski definition) is 1. The van der Waals surface area contributed by atoms with Gasteiger partial charge in [0.15, 0.2) is 6.61 Å². The molecule has 1 nitrogen and oxygen atoms in total. The first kappa shape index (κ1) is 22.2. The van der Waals surface area contributed by atoms with Crippen LogP contribution in [0.5, 0.6) is 5.75 Å². The van der Waals surface area contributed by atoms with Crippen LogP contribution in [-0.2, 0) is 0 Å². The standard InChI is InChI=1S/C27H33F3O/c1-2-3-19-4-5-25-17-24(11-10-23(25)16-19)22-8-6-20(7-9-22)21-12-14-26(15-13-21)31-18-27(28,29)30/h6-9,12-15,19,23-25H,2-5,10-11,16-18H2,1H3/t19?,23-,24-,25-/m1/s1. The molecule has 0 aliphatic heterocycles. The zero-order valence-corrected chi connectivity index (χ0v) is 18.3. The van der Waals surface area contributed by atoms with Crippen molar-refractivity contribution in [2.45, 2.75) is 70.4 Å². The van der Waals surface area contributed by atoms with Gasteiger partial charge in [-0.15, -0.1) is 0 Å². The summed E-state index contributed by atoms with van der Waals surface area (Å²) in [4.78, 5) is 0. The molecule has 2 fully saturated rings. The van der Waals surface area contributed by atoms with E-state index in [1.807, 2.05) is 12.1 Å². The molecule has 0 radical (unpaired) electrons. The lowest BCUT2D eigenvalue weighted by Crippen LogP contribution is -2.30. The van der Waals surface area contributed by atoms with Crippen LogP contribution in [0.15, 0.2) is 48.5 Å². The maximum Gasteiger partial charge on any atom is 0.422 e. The van der Waals surface area contributed by atoms with Gasteiger partial charge in [0, 0.05) is 0 Å². The van der Waals surface area contributed by atoms with E-state index in [4.69, 9.17) is 4.74 Å². The molecule has 0 aromatic heterocycles. The van der Waals surface area contributed by atoms with Crippen molar-refractivity contribution in [1.82, 2.24) is 0 Å². The molecule has 0 amide bonds. The average Bonchev–Trinajstić information content (AvgIpc) is 2.78. The van der Waals surface area contributed by atoms with E-state index in [1.165, 1.54) is 56.9 Å². The summed E-state index contributed by atoms with van der Waals surface area (Å²) in [5, 5.41) is 0. The number of ether oxygens (including phenoxy) is 1. The van der Waals surface area contributed by atoms with E-state index >= 15 is 0 Å². The molecule has 4 heteroatoms. The second-order valence-corrected chi connectivity index (χ2v) is 9.55. The summed E-state index contributed by atoms with van der Waals surface area (Å²) in [5.41, 5.74) is 3.51. The molecule has 0 bridgehead atoms. The third kappa shape index (κ3) is 5.84. The van der Waals surface area contributed by atoms with E-state index in [2.05, 4.69) is 31.2 Å². The molecule has 0 spiro atoms. The molecular weight excluding hydrogens is 397 g/mol. The van der Waals surface area contributed by atoms with Gasteiger partial charge in [-0.25, -0.2) is 0 Å². The third-order valence-electron chi connectivity index (χ3n) is 7.39. The molecule has 4 atom stereocenters. The summed E-state index contributed by atoms with van der Waals surface area (Å²) in [6.45, 7) is 1.05. The lowest BCUT2D eigenvalue weighted by Gasteiger charge is -2.42. The summed E-state index contributed by atoms with van der Waals surface area (Å²) in [5.74, 6) is 3.71. The number of fused-ring (bicyclic) bond motifs is 1. The van der Waals surface area contributed by atoms with Crippen molar-refractivity contribution in [3.63, 3.8) is 0 Å². The fourth-order valence-electron chi connectivity index (χ4n) is 5.82. The fraction of sp³-hybridized carbons (Fsp3) is 0.556. The van der Waals surface area contributed by atoms with E-state index in [-0.39, 0.29) is 5.75 Å². The Labute approximate surface area is 184 Å². The highest BCUT2D eigenvalue weighted by Crippen LogP contribution is 2.48. The predicted octanol–water partition coefficient (Wildman–Crippen LogP) is 8.39. The monoisotopic (exact) mass is 430 g/mol. The van der Waals surface area contributed by atoms with E-state index < -0.39 is 12.8 Å². The summed E-state index contributed by atoms with van der Waals surface area (Å²) in [6, 6.07) is 15.6. The van der Waals surface area contributed by atoms with Crippen molar-refractivity contribution in [2.75, 3.05) is 6.61 Å². The van der Waals surface area contributed by atoms with Crippen molar-refractivity contribution in [3.8, 4) is 16.9 Å². The van der Waals surface area contributed by atoms with Crippen LogP contribution < -0.4 is 4.74 Å². The van der Waals surface area contributed by atoms with Gasteiger partial charge in [0.05, 0.1) is 0 Å². The van der Waals surface area contributed by atoms with E-state index in [9.17, 15) is 13.2 Å². The van der Waals surface area contributed by atoms with Crippen LogP contribution >= 0.6 is 0 Å². The largest absolute Gasteiger partial charge is 0.484 e. The van der Waals surface area contributed by atoms with Gasteiger partial charge in [0.1, 0.15) is 5.75 Å². The highest BCUT2D eigenvalue weighted by Gasteiger charge is 2.35. The Kier molecular flexibility index (Phi) is 6.93. The molecule has 0 N–H and O–H groups in total. The topological polar surface area (TPSA) is 9.23 Å². The number of benzene rings is 2. The Morgan fingerprint density at radius 2 is 1.42 bits per heavy atom. The van der Waals surface area contributed by atoms with Crippen molar-refractivity contribution in [1.29, 1.82) is 0 Å². The van der Waals surface area contributed by atoms with Crippen molar-refractivity contribution in [3.05, 3.63) is 54.1 Å². The number of hydrogen-bond donors (Lipinski definition) is 0. The average molecular weight is 431 g/mol. The summed E-state index contributed by atoms with van der Waals surface area (Å²) < 4.78 is 41.7. The smallest absolute Gasteiger partial charge is 0.422 e. The minimum absolute atomic E-state index is 0.239. The molecule has 2 aliphatic carbocycles. The summed E-state index contributed by atoms with van der Waals surface area (Å²) in [6.07, 6.45) is 6.69. The Bertz CT molecular complexity index is 825. The second kappa shape index (κ2) is 9.67. The first-order valence-electron chi connectivity index (χ1n) is 11.8. The van der Waals surface area contributed by atoms with Gasteiger partial charge in [-0.2, -0.15) is 13.2 Å². The first-order valence-corrected chi connectivity index (χ1v) is 11.8. The van der Waals surface area contributed by atoms with Crippen LogP contribution in [0.1, 0.15) is 69.8 Å². The van der Waals surface area contributed by atoms with Crippen LogP contribution in [0.4, 0.5) is 13.2 Å². The zero-order valence-electron chi connectivity index (χ0n) is 18.3. The van der Waals surface area contributed by atoms with E-state index in [1.54, 1.807) is 12.1 Å². The first-order chi connectivity index (χ1) is 14.9.